The molecule has 0 saturated heterocycles. The number of aromatic hydroxyl groups is 1. The second kappa shape index (κ2) is 4.14. The Morgan fingerprint density at radius 2 is 2.08 bits per heavy atom. The maximum Gasteiger partial charge on any atom is 0.164 e. The Labute approximate surface area is 77.6 Å². The minimum Gasteiger partial charge on any atom is -0.504 e. The fourth-order valence-electron chi connectivity index (χ4n) is 1.26. The average molecular weight is 182 g/mol. The van der Waals surface area contributed by atoms with Crippen molar-refractivity contribution in [3.05, 3.63) is 23.3 Å². The van der Waals surface area contributed by atoms with Crippen LogP contribution >= 0.6 is 0 Å². The van der Waals surface area contributed by atoms with Gasteiger partial charge in [0.15, 0.2) is 11.5 Å². The third-order valence-corrected chi connectivity index (χ3v) is 2.00. The van der Waals surface area contributed by atoms with Crippen molar-refractivity contribution in [1.29, 1.82) is 0 Å². The molecule has 0 aromatic heterocycles. The zero-order chi connectivity index (χ0) is 9.84. The molecular weight excluding hydrogens is 168 g/mol. The van der Waals surface area contributed by atoms with Gasteiger partial charge in [-0.05, 0) is 18.9 Å². The van der Waals surface area contributed by atoms with Crippen LogP contribution in [0.25, 0.3) is 0 Å². The lowest BCUT2D eigenvalue weighted by Gasteiger charge is -2.10. The molecule has 0 bridgehead atoms. The Kier molecular flexibility index (Phi) is 3.14. The van der Waals surface area contributed by atoms with Crippen molar-refractivity contribution in [2.24, 2.45) is 0 Å². The maximum absolute atomic E-state index is 9.60. The summed E-state index contributed by atoms with van der Waals surface area (Å²) in [4.78, 5) is 0. The number of methoxy groups -OCH3 is 1. The Morgan fingerprint density at radius 1 is 1.38 bits per heavy atom. The Morgan fingerprint density at radius 3 is 2.62 bits per heavy atom. The first-order valence-electron chi connectivity index (χ1n) is 4.17. The summed E-state index contributed by atoms with van der Waals surface area (Å²) in [5.41, 5.74) is 1.60. The van der Waals surface area contributed by atoms with Gasteiger partial charge in [-0.1, -0.05) is 12.1 Å². The monoisotopic (exact) mass is 182 g/mol. The van der Waals surface area contributed by atoms with E-state index in [1.165, 1.54) is 7.11 Å². The highest BCUT2D eigenvalue weighted by atomic mass is 16.5. The lowest BCUT2D eigenvalue weighted by molar-refractivity contribution is 0.295. The molecule has 0 aliphatic carbocycles. The Hall–Kier alpha value is -1.22. The van der Waals surface area contributed by atoms with Crippen molar-refractivity contribution >= 4 is 0 Å². The summed E-state index contributed by atoms with van der Waals surface area (Å²) < 4.78 is 5.05. The number of ether oxygens (including phenoxy) is 1. The van der Waals surface area contributed by atoms with Gasteiger partial charge in [-0.25, -0.2) is 0 Å². The molecule has 13 heavy (non-hydrogen) atoms. The number of aliphatic hydroxyl groups excluding tert-OH is 1. The topological polar surface area (TPSA) is 49.7 Å². The van der Waals surface area contributed by atoms with E-state index in [0.29, 0.717) is 12.2 Å². The van der Waals surface area contributed by atoms with Crippen LogP contribution in [0.1, 0.15) is 11.1 Å². The van der Waals surface area contributed by atoms with Crippen LogP contribution < -0.4 is 4.74 Å². The van der Waals surface area contributed by atoms with Gasteiger partial charge in [-0.3, -0.25) is 0 Å². The maximum atomic E-state index is 9.60. The van der Waals surface area contributed by atoms with E-state index in [0.717, 1.165) is 11.1 Å². The highest BCUT2D eigenvalue weighted by Gasteiger charge is 2.09. The highest BCUT2D eigenvalue weighted by molar-refractivity contribution is 5.50. The van der Waals surface area contributed by atoms with Crippen LogP contribution in [-0.4, -0.2) is 23.9 Å². The van der Waals surface area contributed by atoms with Crippen molar-refractivity contribution in [3.8, 4) is 11.5 Å². The zero-order valence-corrected chi connectivity index (χ0v) is 7.87. The molecule has 0 unspecified atom stereocenters. The Balaban J connectivity index is 3.13. The molecule has 0 fully saturated rings. The smallest absolute Gasteiger partial charge is 0.164 e. The van der Waals surface area contributed by atoms with E-state index in [1.807, 2.05) is 12.1 Å². The van der Waals surface area contributed by atoms with Crippen molar-refractivity contribution in [3.63, 3.8) is 0 Å². The molecule has 1 aromatic carbocycles. The number of hydrogen-bond acceptors (Lipinski definition) is 3. The number of rotatable bonds is 3. The molecule has 0 spiro atoms. The Bertz CT molecular complexity index is 294. The zero-order valence-electron chi connectivity index (χ0n) is 7.87. The van der Waals surface area contributed by atoms with Crippen LogP contribution in [0, 0.1) is 6.92 Å². The van der Waals surface area contributed by atoms with Crippen molar-refractivity contribution in [2.45, 2.75) is 13.3 Å². The summed E-state index contributed by atoms with van der Waals surface area (Å²) in [5, 5.41) is 18.4. The van der Waals surface area contributed by atoms with Gasteiger partial charge in [0, 0.05) is 12.2 Å². The first kappa shape index (κ1) is 9.86. The largest absolute Gasteiger partial charge is 0.504 e. The van der Waals surface area contributed by atoms with E-state index < -0.39 is 0 Å². The molecule has 0 saturated carbocycles. The molecule has 1 rings (SSSR count). The molecule has 3 nitrogen and oxygen atoms in total. The molecular formula is C10H14O3. The third-order valence-electron chi connectivity index (χ3n) is 2.00. The van der Waals surface area contributed by atoms with Crippen molar-refractivity contribution in [2.75, 3.05) is 13.7 Å². The first-order valence-corrected chi connectivity index (χ1v) is 4.17. The molecule has 0 atom stereocenters. The number of aliphatic hydroxyl groups is 1. The first-order chi connectivity index (χ1) is 6.20. The van der Waals surface area contributed by atoms with E-state index >= 15 is 0 Å². The van der Waals surface area contributed by atoms with Gasteiger partial charge in [-0.15, -0.1) is 0 Å². The van der Waals surface area contributed by atoms with E-state index in [2.05, 4.69) is 0 Å². The van der Waals surface area contributed by atoms with Gasteiger partial charge in [-0.2, -0.15) is 0 Å². The summed E-state index contributed by atoms with van der Waals surface area (Å²) in [6.07, 6.45) is 0.497. The quantitative estimate of drug-likeness (QED) is 0.739. The molecule has 0 radical (unpaired) electrons. The third kappa shape index (κ3) is 1.92. The molecule has 72 valence electrons. The summed E-state index contributed by atoms with van der Waals surface area (Å²) in [7, 11) is 1.51. The molecule has 0 aliphatic heterocycles. The SMILES string of the molecule is COc1c(CCO)ccc(C)c1O. The van der Waals surface area contributed by atoms with E-state index in [-0.39, 0.29) is 12.4 Å². The number of benzene rings is 1. The van der Waals surface area contributed by atoms with Gasteiger partial charge in [0.2, 0.25) is 0 Å². The minimum atomic E-state index is 0.0544. The van der Waals surface area contributed by atoms with Crippen LogP contribution in [0.4, 0.5) is 0 Å². The summed E-state index contributed by atoms with van der Waals surface area (Å²) >= 11 is 0. The van der Waals surface area contributed by atoms with Crippen LogP contribution in [0.5, 0.6) is 11.5 Å². The van der Waals surface area contributed by atoms with Gasteiger partial charge in [0.25, 0.3) is 0 Å². The number of phenols is 1. The van der Waals surface area contributed by atoms with E-state index in [4.69, 9.17) is 9.84 Å². The predicted molar refractivity (Wildman–Crippen MR) is 50.2 cm³/mol. The fourth-order valence-corrected chi connectivity index (χ4v) is 1.26. The molecule has 0 aliphatic rings. The van der Waals surface area contributed by atoms with Crippen LogP contribution in [-0.2, 0) is 6.42 Å². The standard InChI is InChI=1S/C10H14O3/c1-7-3-4-8(5-6-11)10(13-2)9(7)12/h3-4,11-12H,5-6H2,1-2H3. The molecule has 0 amide bonds. The van der Waals surface area contributed by atoms with Crippen LogP contribution in [0.2, 0.25) is 0 Å². The van der Waals surface area contributed by atoms with Gasteiger partial charge < -0.3 is 14.9 Å². The number of aryl methyl sites for hydroxylation is 1. The summed E-state index contributed by atoms with van der Waals surface area (Å²) in [6.45, 7) is 1.86. The van der Waals surface area contributed by atoms with E-state index in [1.54, 1.807) is 6.92 Å². The minimum absolute atomic E-state index is 0.0544. The highest BCUT2D eigenvalue weighted by Crippen LogP contribution is 2.33. The number of phenolic OH excluding ortho intramolecular Hbond substituents is 1. The van der Waals surface area contributed by atoms with E-state index in [9.17, 15) is 5.11 Å². The molecule has 3 heteroatoms. The normalized spacial score (nSPS) is 10.1. The van der Waals surface area contributed by atoms with Gasteiger partial charge >= 0.3 is 0 Å². The van der Waals surface area contributed by atoms with Crippen molar-refractivity contribution < 1.29 is 14.9 Å². The lowest BCUT2D eigenvalue weighted by Crippen LogP contribution is -1.96. The van der Waals surface area contributed by atoms with Crippen LogP contribution in [0.3, 0.4) is 0 Å². The average Bonchev–Trinajstić information content (AvgIpc) is 2.12. The second-order valence-corrected chi connectivity index (χ2v) is 2.90. The van der Waals surface area contributed by atoms with Gasteiger partial charge in [0.1, 0.15) is 0 Å². The lowest BCUT2D eigenvalue weighted by atomic mass is 10.1. The van der Waals surface area contributed by atoms with Crippen molar-refractivity contribution in [1.82, 2.24) is 0 Å². The molecule has 1 aromatic rings. The molecule has 0 heterocycles. The summed E-state index contributed by atoms with van der Waals surface area (Å²) in [5.74, 6) is 0.627. The summed E-state index contributed by atoms with van der Waals surface area (Å²) in [6, 6.07) is 3.66. The fraction of sp³-hybridized carbons (Fsp3) is 0.400. The van der Waals surface area contributed by atoms with Gasteiger partial charge in [0.05, 0.1) is 7.11 Å². The second-order valence-electron chi connectivity index (χ2n) is 2.90. The van der Waals surface area contributed by atoms with Crippen LogP contribution in [0.15, 0.2) is 12.1 Å². The molecule has 2 N–H and O–H groups in total. The predicted octanol–water partition coefficient (Wildman–Crippen LogP) is 1.24. The number of hydrogen-bond donors (Lipinski definition) is 2.